The number of aromatic nitrogens is 1. The molecule has 0 aliphatic rings. The summed E-state index contributed by atoms with van der Waals surface area (Å²) in [5.74, 6) is 0. The van der Waals surface area contributed by atoms with Gasteiger partial charge in [0.15, 0.2) is 0 Å². The van der Waals surface area contributed by atoms with Crippen LogP contribution in [0.25, 0.3) is 10.9 Å². The zero-order valence-electron chi connectivity index (χ0n) is 8.80. The Morgan fingerprint density at radius 2 is 1.93 bits per heavy atom. The van der Waals surface area contributed by atoms with E-state index in [2.05, 4.69) is 20.9 Å². The first-order valence-corrected chi connectivity index (χ1v) is 6.41. The normalized spacial score (nSPS) is 9.60. The lowest BCUT2D eigenvalue weighted by Crippen LogP contribution is -1.85. The number of nitrogens with zero attached hydrogens (tertiary/aromatic N) is 1. The van der Waals surface area contributed by atoms with E-state index in [1.54, 1.807) is 0 Å². The third-order valence-electron chi connectivity index (χ3n) is 1.85. The SMILES string of the molecule is CC.Clc1ccc2nc(CBr)ccc2c1. The van der Waals surface area contributed by atoms with Gasteiger partial charge in [0.1, 0.15) is 0 Å². The lowest BCUT2D eigenvalue weighted by molar-refractivity contribution is 1.24. The summed E-state index contributed by atoms with van der Waals surface area (Å²) in [5.41, 5.74) is 2.02. The van der Waals surface area contributed by atoms with Crippen molar-refractivity contribution in [2.75, 3.05) is 0 Å². The van der Waals surface area contributed by atoms with E-state index in [0.717, 1.165) is 26.9 Å². The smallest absolute Gasteiger partial charge is 0.0706 e. The van der Waals surface area contributed by atoms with Crippen molar-refractivity contribution in [2.45, 2.75) is 19.2 Å². The molecule has 1 heterocycles. The average Bonchev–Trinajstić information content (AvgIpc) is 2.31. The Morgan fingerprint density at radius 3 is 2.60 bits per heavy atom. The molecule has 1 aromatic carbocycles. The van der Waals surface area contributed by atoms with Crippen molar-refractivity contribution in [3.05, 3.63) is 41.0 Å². The average molecular weight is 287 g/mol. The Kier molecular flexibility index (Phi) is 5.06. The third-order valence-corrected chi connectivity index (χ3v) is 2.66. The van der Waals surface area contributed by atoms with Crippen molar-refractivity contribution in [3.8, 4) is 0 Å². The van der Waals surface area contributed by atoms with Gasteiger partial charge >= 0.3 is 0 Å². The van der Waals surface area contributed by atoms with E-state index in [9.17, 15) is 0 Å². The van der Waals surface area contributed by atoms with Crippen LogP contribution in [0.4, 0.5) is 0 Å². The Hall–Kier alpha value is -0.600. The maximum absolute atomic E-state index is 5.86. The van der Waals surface area contributed by atoms with Crippen LogP contribution < -0.4 is 0 Å². The summed E-state index contributed by atoms with van der Waals surface area (Å²) in [5, 5.41) is 2.61. The topological polar surface area (TPSA) is 12.9 Å². The quantitative estimate of drug-likeness (QED) is 0.686. The number of fused-ring (bicyclic) bond motifs is 1. The fourth-order valence-electron chi connectivity index (χ4n) is 1.21. The lowest BCUT2D eigenvalue weighted by Gasteiger charge is -1.99. The Balaban J connectivity index is 0.000000531. The summed E-state index contributed by atoms with van der Waals surface area (Å²) in [6.45, 7) is 4.00. The molecular formula is C12H13BrClN. The molecule has 2 rings (SSSR count). The molecule has 3 heteroatoms. The van der Waals surface area contributed by atoms with Crippen LogP contribution in [0.15, 0.2) is 30.3 Å². The largest absolute Gasteiger partial charge is 0.252 e. The molecule has 0 unspecified atom stereocenters. The molecule has 80 valence electrons. The maximum atomic E-state index is 5.86. The zero-order valence-corrected chi connectivity index (χ0v) is 11.1. The predicted octanol–water partition coefficient (Wildman–Crippen LogP) is 4.81. The van der Waals surface area contributed by atoms with Gasteiger partial charge in [-0.3, -0.25) is 4.98 Å². The van der Waals surface area contributed by atoms with Gasteiger partial charge in [0.25, 0.3) is 0 Å². The van der Waals surface area contributed by atoms with E-state index >= 15 is 0 Å². The second-order valence-corrected chi connectivity index (χ2v) is 3.77. The highest BCUT2D eigenvalue weighted by Crippen LogP contribution is 2.18. The van der Waals surface area contributed by atoms with Gasteiger partial charge in [0, 0.05) is 15.7 Å². The first-order chi connectivity index (χ1) is 7.29. The van der Waals surface area contributed by atoms with Gasteiger partial charge in [-0.25, -0.2) is 0 Å². The first kappa shape index (κ1) is 12.5. The van der Waals surface area contributed by atoms with E-state index in [1.807, 2.05) is 44.2 Å². The molecule has 0 atom stereocenters. The second kappa shape index (κ2) is 6.09. The molecule has 0 fully saturated rings. The number of halogens is 2. The summed E-state index contributed by atoms with van der Waals surface area (Å²) < 4.78 is 0. The second-order valence-electron chi connectivity index (χ2n) is 2.77. The highest BCUT2D eigenvalue weighted by molar-refractivity contribution is 9.08. The summed E-state index contributed by atoms with van der Waals surface area (Å²) in [6, 6.07) is 9.73. The van der Waals surface area contributed by atoms with E-state index in [1.165, 1.54) is 0 Å². The van der Waals surface area contributed by atoms with E-state index in [-0.39, 0.29) is 0 Å². The van der Waals surface area contributed by atoms with E-state index in [4.69, 9.17) is 11.6 Å². The minimum atomic E-state index is 0.751. The lowest BCUT2D eigenvalue weighted by atomic mass is 10.2. The fourth-order valence-corrected chi connectivity index (χ4v) is 1.71. The van der Waals surface area contributed by atoms with Crippen molar-refractivity contribution in [2.24, 2.45) is 0 Å². The Bertz CT molecular complexity index is 443. The molecule has 0 aliphatic heterocycles. The Labute approximate surface area is 104 Å². The van der Waals surface area contributed by atoms with Crippen LogP contribution in [-0.4, -0.2) is 4.98 Å². The molecular weight excluding hydrogens is 273 g/mol. The van der Waals surface area contributed by atoms with Gasteiger partial charge in [-0.05, 0) is 24.3 Å². The van der Waals surface area contributed by atoms with Gasteiger partial charge in [-0.15, -0.1) is 0 Å². The third kappa shape index (κ3) is 3.18. The molecule has 0 radical (unpaired) electrons. The summed E-state index contributed by atoms with van der Waals surface area (Å²) in [7, 11) is 0. The summed E-state index contributed by atoms with van der Waals surface area (Å²) in [4.78, 5) is 4.43. The van der Waals surface area contributed by atoms with Crippen molar-refractivity contribution in [1.82, 2.24) is 4.98 Å². The van der Waals surface area contributed by atoms with Crippen molar-refractivity contribution in [1.29, 1.82) is 0 Å². The molecule has 0 bridgehead atoms. The molecule has 0 spiro atoms. The number of alkyl halides is 1. The molecule has 0 N–H and O–H groups in total. The van der Waals surface area contributed by atoms with Crippen LogP contribution in [0.3, 0.4) is 0 Å². The van der Waals surface area contributed by atoms with Crippen LogP contribution in [-0.2, 0) is 5.33 Å². The molecule has 0 aliphatic carbocycles. The molecule has 2 aromatic rings. The molecule has 0 saturated carbocycles. The predicted molar refractivity (Wildman–Crippen MR) is 70.7 cm³/mol. The highest BCUT2D eigenvalue weighted by Gasteiger charge is 1.97. The number of rotatable bonds is 1. The number of benzene rings is 1. The van der Waals surface area contributed by atoms with Crippen molar-refractivity contribution < 1.29 is 0 Å². The monoisotopic (exact) mass is 285 g/mol. The molecule has 1 aromatic heterocycles. The first-order valence-electron chi connectivity index (χ1n) is 4.91. The van der Waals surface area contributed by atoms with E-state index < -0.39 is 0 Å². The van der Waals surface area contributed by atoms with Crippen LogP contribution >= 0.6 is 27.5 Å². The summed E-state index contributed by atoms with van der Waals surface area (Å²) in [6.07, 6.45) is 0. The minimum absolute atomic E-state index is 0.751. The zero-order chi connectivity index (χ0) is 11.3. The van der Waals surface area contributed by atoms with Crippen molar-refractivity contribution in [3.63, 3.8) is 0 Å². The van der Waals surface area contributed by atoms with Gasteiger partial charge in [-0.1, -0.05) is 47.4 Å². The van der Waals surface area contributed by atoms with Crippen LogP contribution in [0.5, 0.6) is 0 Å². The van der Waals surface area contributed by atoms with Gasteiger partial charge in [-0.2, -0.15) is 0 Å². The van der Waals surface area contributed by atoms with Gasteiger partial charge in [0.2, 0.25) is 0 Å². The van der Waals surface area contributed by atoms with Crippen LogP contribution in [0, 0.1) is 0 Å². The maximum Gasteiger partial charge on any atom is 0.0706 e. The minimum Gasteiger partial charge on any atom is -0.252 e. The van der Waals surface area contributed by atoms with Gasteiger partial charge < -0.3 is 0 Å². The molecule has 1 nitrogen and oxygen atoms in total. The number of hydrogen-bond acceptors (Lipinski definition) is 1. The summed E-state index contributed by atoms with van der Waals surface area (Å²) >= 11 is 9.22. The molecule has 0 saturated heterocycles. The van der Waals surface area contributed by atoms with E-state index in [0.29, 0.717) is 0 Å². The Morgan fingerprint density at radius 1 is 1.20 bits per heavy atom. The molecule has 15 heavy (non-hydrogen) atoms. The van der Waals surface area contributed by atoms with Crippen molar-refractivity contribution >= 4 is 38.4 Å². The standard InChI is InChI=1S/C10H7BrClN.C2H6/c11-6-9-3-1-7-5-8(12)2-4-10(7)13-9;1-2/h1-5H,6H2;1-2H3. The fraction of sp³-hybridized carbons (Fsp3) is 0.250. The number of pyridine rings is 1. The number of hydrogen-bond donors (Lipinski definition) is 0. The van der Waals surface area contributed by atoms with Gasteiger partial charge in [0.05, 0.1) is 11.2 Å². The van der Waals surface area contributed by atoms with Crippen LogP contribution in [0.1, 0.15) is 19.5 Å². The van der Waals surface area contributed by atoms with Crippen LogP contribution in [0.2, 0.25) is 5.02 Å². The highest BCUT2D eigenvalue weighted by atomic mass is 79.9. The molecule has 0 amide bonds.